The Bertz CT molecular complexity index is 553. The highest BCUT2D eigenvalue weighted by atomic mass is 35.5. The summed E-state index contributed by atoms with van der Waals surface area (Å²) < 4.78 is 18.4. The summed E-state index contributed by atoms with van der Waals surface area (Å²) in [5.41, 5.74) is 1.55. The fourth-order valence-corrected chi connectivity index (χ4v) is 1.86. The molecule has 2 aromatic rings. The van der Waals surface area contributed by atoms with Crippen molar-refractivity contribution in [3.63, 3.8) is 0 Å². The maximum absolute atomic E-state index is 12.9. The van der Waals surface area contributed by atoms with Gasteiger partial charge >= 0.3 is 0 Å². The van der Waals surface area contributed by atoms with Gasteiger partial charge in [-0.15, -0.1) is 0 Å². The molecule has 0 spiro atoms. The van der Waals surface area contributed by atoms with Gasteiger partial charge in [0.1, 0.15) is 18.2 Å². The molecule has 0 fully saturated rings. The van der Waals surface area contributed by atoms with E-state index in [1.165, 1.54) is 12.1 Å². The zero-order chi connectivity index (χ0) is 13.8. The Kier molecular flexibility index (Phi) is 4.40. The summed E-state index contributed by atoms with van der Waals surface area (Å²) in [6, 6.07) is 11.4. The molecule has 0 radical (unpaired) electrons. The summed E-state index contributed by atoms with van der Waals surface area (Å²) in [7, 11) is 0. The van der Waals surface area contributed by atoms with Crippen molar-refractivity contribution in [2.24, 2.45) is 0 Å². The minimum Gasteiger partial charge on any atom is -0.489 e. The zero-order valence-corrected chi connectivity index (χ0v) is 11.2. The van der Waals surface area contributed by atoms with E-state index in [0.717, 1.165) is 11.1 Å². The largest absolute Gasteiger partial charge is 0.489 e. The third kappa shape index (κ3) is 3.69. The fourth-order valence-electron chi connectivity index (χ4n) is 1.64. The molecule has 0 amide bonds. The minimum absolute atomic E-state index is 0.271. The van der Waals surface area contributed by atoms with Gasteiger partial charge in [-0.1, -0.05) is 29.8 Å². The highest BCUT2D eigenvalue weighted by Gasteiger charge is 2.04. The number of aliphatic hydroxyl groups is 1. The average molecular weight is 281 g/mol. The first-order chi connectivity index (χ1) is 9.06. The number of hydrogen-bond acceptors (Lipinski definition) is 2. The second kappa shape index (κ2) is 6.04. The van der Waals surface area contributed by atoms with Crippen molar-refractivity contribution in [1.29, 1.82) is 0 Å². The quantitative estimate of drug-likeness (QED) is 0.913. The van der Waals surface area contributed by atoms with Crippen LogP contribution in [0, 0.1) is 5.82 Å². The van der Waals surface area contributed by atoms with Gasteiger partial charge in [-0.3, -0.25) is 0 Å². The van der Waals surface area contributed by atoms with E-state index in [4.69, 9.17) is 16.3 Å². The zero-order valence-electron chi connectivity index (χ0n) is 10.4. The van der Waals surface area contributed by atoms with Crippen molar-refractivity contribution >= 4 is 11.6 Å². The molecule has 2 nitrogen and oxygen atoms in total. The maximum atomic E-state index is 12.9. The van der Waals surface area contributed by atoms with E-state index >= 15 is 0 Å². The highest BCUT2D eigenvalue weighted by Crippen LogP contribution is 2.21. The van der Waals surface area contributed by atoms with Crippen molar-refractivity contribution in [3.8, 4) is 5.75 Å². The third-order valence-electron chi connectivity index (χ3n) is 2.77. The van der Waals surface area contributed by atoms with Gasteiger partial charge in [-0.25, -0.2) is 4.39 Å². The molecule has 0 aliphatic carbocycles. The Labute approximate surface area is 116 Å². The first-order valence-corrected chi connectivity index (χ1v) is 6.29. The van der Waals surface area contributed by atoms with Crippen molar-refractivity contribution in [2.75, 3.05) is 0 Å². The molecule has 0 aliphatic rings. The van der Waals surface area contributed by atoms with Gasteiger partial charge in [-0.2, -0.15) is 0 Å². The lowest BCUT2D eigenvalue weighted by atomic mass is 10.1. The Morgan fingerprint density at radius 1 is 1.21 bits per heavy atom. The fraction of sp³-hybridized carbons (Fsp3) is 0.200. The van der Waals surface area contributed by atoms with Gasteiger partial charge in [0.15, 0.2) is 0 Å². The number of halogens is 2. The molecule has 0 unspecified atom stereocenters. The van der Waals surface area contributed by atoms with Crippen LogP contribution in [0.4, 0.5) is 4.39 Å². The van der Waals surface area contributed by atoms with Crippen LogP contribution in [-0.2, 0) is 6.61 Å². The monoisotopic (exact) mass is 280 g/mol. The SMILES string of the molecule is C[C@H](O)c1ccc(OCc2ccc(F)cc2Cl)cc1. The molecule has 19 heavy (non-hydrogen) atoms. The summed E-state index contributed by atoms with van der Waals surface area (Å²) in [5, 5.41) is 9.74. The maximum Gasteiger partial charge on any atom is 0.124 e. The van der Waals surface area contributed by atoms with Crippen LogP contribution in [0.5, 0.6) is 5.75 Å². The Morgan fingerprint density at radius 2 is 1.89 bits per heavy atom. The molecule has 100 valence electrons. The molecule has 2 rings (SSSR count). The third-order valence-corrected chi connectivity index (χ3v) is 3.12. The van der Waals surface area contributed by atoms with Crippen molar-refractivity contribution in [3.05, 3.63) is 64.4 Å². The van der Waals surface area contributed by atoms with Gasteiger partial charge in [0.05, 0.1) is 11.1 Å². The predicted octanol–water partition coefficient (Wildman–Crippen LogP) is 4.11. The van der Waals surface area contributed by atoms with Gasteiger partial charge < -0.3 is 9.84 Å². The number of ether oxygens (including phenoxy) is 1. The van der Waals surface area contributed by atoms with Crippen molar-refractivity contribution in [1.82, 2.24) is 0 Å². The highest BCUT2D eigenvalue weighted by molar-refractivity contribution is 6.31. The lowest BCUT2D eigenvalue weighted by Gasteiger charge is -2.09. The molecule has 4 heteroatoms. The molecule has 1 atom stereocenters. The smallest absolute Gasteiger partial charge is 0.124 e. The molecule has 0 aromatic heterocycles. The Hall–Kier alpha value is -1.58. The summed E-state index contributed by atoms with van der Waals surface area (Å²) in [4.78, 5) is 0. The average Bonchev–Trinajstić information content (AvgIpc) is 2.38. The van der Waals surface area contributed by atoms with Crippen LogP contribution in [0.15, 0.2) is 42.5 Å². The number of benzene rings is 2. The molecule has 0 saturated carbocycles. The van der Waals surface area contributed by atoms with E-state index in [0.29, 0.717) is 10.8 Å². The molecule has 0 aliphatic heterocycles. The second-order valence-electron chi connectivity index (χ2n) is 4.27. The second-order valence-corrected chi connectivity index (χ2v) is 4.68. The minimum atomic E-state index is -0.499. The van der Waals surface area contributed by atoms with E-state index in [2.05, 4.69) is 0 Å². The van der Waals surface area contributed by atoms with Gasteiger partial charge in [0.25, 0.3) is 0 Å². The van der Waals surface area contributed by atoms with Crippen molar-refractivity contribution < 1.29 is 14.2 Å². The summed E-state index contributed by atoms with van der Waals surface area (Å²) in [6.45, 7) is 1.97. The lowest BCUT2D eigenvalue weighted by molar-refractivity contribution is 0.199. The number of rotatable bonds is 4. The van der Waals surface area contributed by atoms with Crippen molar-refractivity contribution in [2.45, 2.75) is 19.6 Å². The van der Waals surface area contributed by atoms with Gasteiger partial charge in [-0.05, 0) is 36.8 Å². The lowest BCUT2D eigenvalue weighted by Crippen LogP contribution is -1.97. The van der Waals surface area contributed by atoms with E-state index in [9.17, 15) is 9.50 Å². The van der Waals surface area contributed by atoms with Crippen LogP contribution < -0.4 is 4.74 Å². The summed E-state index contributed by atoms with van der Waals surface area (Å²) in [5.74, 6) is 0.305. The van der Waals surface area contributed by atoms with E-state index in [1.54, 1.807) is 37.3 Å². The van der Waals surface area contributed by atoms with Crippen LogP contribution in [0.3, 0.4) is 0 Å². The predicted molar refractivity (Wildman–Crippen MR) is 72.8 cm³/mol. The standard InChI is InChI=1S/C15H14ClFO2/c1-10(18)11-3-6-14(7-4-11)19-9-12-2-5-13(17)8-15(12)16/h2-8,10,18H,9H2,1H3/t10-/m0/s1. The first-order valence-electron chi connectivity index (χ1n) is 5.91. The van der Waals surface area contributed by atoms with E-state index < -0.39 is 6.10 Å². The summed E-state index contributed by atoms with van der Waals surface area (Å²) in [6.07, 6.45) is -0.499. The summed E-state index contributed by atoms with van der Waals surface area (Å²) >= 11 is 5.91. The molecule has 2 aromatic carbocycles. The Balaban J connectivity index is 2.02. The molecule has 0 saturated heterocycles. The molecular formula is C15H14ClFO2. The first kappa shape index (κ1) is 13.8. The molecular weight excluding hydrogens is 267 g/mol. The number of hydrogen-bond donors (Lipinski definition) is 1. The van der Waals surface area contributed by atoms with Crippen LogP contribution >= 0.6 is 11.6 Å². The molecule has 1 N–H and O–H groups in total. The topological polar surface area (TPSA) is 29.5 Å². The van der Waals surface area contributed by atoms with Crippen LogP contribution in [0.25, 0.3) is 0 Å². The number of aliphatic hydroxyl groups excluding tert-OH is 1. The normalized spacial score (nSPS) is 12.2. The Morgan fingerprint density at radius 3 is 2.47 bits per heavy atom. The molecule has 0 heterocycles. The molecule has 0 bridgehead atoms. The van der Waals surface area contributed by atoms with E-state index in [-0.39, 0.29) is 12.4 Å². The van der Waals surface area contributed by atoms with Gasteiger partial charge in [0.2, 0.25) is 0 Å². The van der Waals surface area contributed by atoms with Crippen LogP contribution in [0.1, 0.15) is 24.2 Å². The van der Waals surface area contributed by atoms with Crippen LogP contribution in [-0.4, -0.2) is 5.11 Å². The van der Waals surface area contributed by atoms with E-state index in [1.807, 2.05) is 0 Å². The van der Waals surface area contributed by atoms with Gasteiger partial charge in [0, 0.05) is 5.56 Å². The van der Waals surface area contributed by atoms with Crippen LogP contribution in [0.2, 0.25) is 5.02 Å².